The molecule has 2 rings (SSSR count). The predicted octanol–water partition coefficient (Wildman–Crippen LogP) is 2.12. The van der Waals surface area contributed by atoms with E-state index in [0.29, 0.717) is 13.2 Å². The van der Waals surface area contributed by atoms with E-state index in [0.717, 1.165) is 50.8 Å². The SMILES string of the molecule is CC(C)Oc1ccc(OCCOCCN2CCN(C)CC2)cc1. The van der Waals surface area contributed by atoms with Gasteiger partial charge in [-0.2, -0.15) is 0 Å². The van der Waals surface area contributed by atoms with Gasteiger partial charge in [-0.15, -0.1) is 0 Å². The van der Waals surface area contributed by atoms with Gasteiger partial charge in [0.25, 0.3) is 0 Å². The first-order valence-electron chi connectivity index (χ1n) is 8.51. The lowest BCUT2D eigenvalue weighted by atomic mass is 10.3. The highest BCUT2D eigenvalue weighted by atomic mass is 16.5. The van der Waals surface area contributed by atoms with E-state index in [1.54, 1.807) is 0 Å². The van der Waals surface area contributed by atoms with Crippen LogP contribution in [0.5, 0.6) is 11.5 Å². The predicted molar refractivity (Wildman–Crippen MR) is 92.5 cm³/mol. The molecule has 1 fully saturated rings. The maximum atomic E-state index is 5.67. The summed E-state index contributed by atoms with van der Waals surface area (Å²) in [5, 5.41) is 0. The van der Waals surface area contributed by atoms with Gasteiger partial charge in [0, 0.05) is 32.7 Å². The minimum absolute atomic E-state index is 0.190. The third-order valence-electron chi connectivity index (χ3n) is 3.84. The van der Waals surface area contributed by atoms with Crippen molar-refractivity contribution in [2.45, 2.75) is 20.0 Å². The molecule has 1 aliphatic heterocycles. The summed E-state index contributed by atoms with van der Waals surface area (Å²) in [6.07, 6.45) is 0.190. The van der Waals surface area contributed by atoms with Crippen LogP contribution in [-0.4, -0.2) is 75.5 Å². The number of rotatable bonds is 9. The Balaban J connectivity index is 1.52. The molecule has 1 saturated heterocycles. The fourth-order valence-electron chi connectivity index (χ4n) is 2.47. The second-order valence-corrected chi connectivity index (χ2v) is 6.24. The number of ether oxygens (including phenoxy) is 3. The molecule has 1 aromatic carbocycles. The van der Waals surface area contributed by atoms with E-state index in [1.807, 2.05) is 38.1 Å². The molecule has 0 spiro atoms. The fourth-order valence-corrected chi connectivity index (χ4v) is 2.47. The van der Waals surface area contributed by atoms with Crippen LogP contribution in [0, 0.1) is 0 Å². The summed E-state index contributed by atoms with van der Waals surface area (Å²) < 4.78 is 16.9. The van der Waals surface area contributed by atoms with Gasteiger partial charge in [0.1, 0.15) is 18.1 Å². The van der Waals surface area contributed by atoms with Crippen molar-refractivity contribution in [1.29, 1.82) is 0 Å². The lowest BCUT2D eigenvalue weighted by Gasteiger charge is -2.32. The Kier molecular flexibility index (Phi) is 7.65. The molecule has 0 aromatic heterocycles. The van der Waals surface area contributed by atoms with Crippen molar-refractivity contribution in [1.82, 2.24) is 9.80 Å². The first-order valence-corrected chi connectivity index (χ1v) is 8.51. The van der Waals surface area contributed by atoms with Gasteiger partial charge in [-0.05, 0) is 45.2 Å². The molecule has 0 atom stereocenters. The van der Waals surface area contributed by atoms with Crippen molar-refractivity contribution < 1.29 is 14.2 Å². The first kappa shape index (κ1) is 18.0. The summed E-state index contributed by atoms with van der Waals surface area (Å²) in [5.74, 6) is 1.72. The second kappa shape index (κ2) is 9.75. The average molecular weight is 322 g/mol. The van der Waals surface area contributed by atoms with Gasteiger partial charge in [-0.3, -0.25) is 4.90 Å². The van der Waals surface area contributed by atoms with Crippen molar-refractivity contribution in [3.63, 3.8) is 0 Å². The van der Waals surface area contributed by atoms with E-state index < -0.39 is 0 Å². The molecule has 0 radical (unpaired) electrons. The Morgan fingerprint density at radius 1 is 0.913 bits per heavy atom. The molecular weight excluding hydrogens is 292 g/mol. The molecular formula is C18H30N2O3. The Bertz CT molecular complexity index is 428. The maximum Gasteiger partial charge on any atom is 0.119 e. The molecule has 1 aliphatic rings. The van der Waals surface area contributed by atoms with Crippen LogP contribution in [0.25, 0.3) is 0 Å². The zero-order valence-corrected chi connectivity index (χ0v) is 14.7. The van der Waals surface area contributed by atoms with Crippen molar-refractivity contribution in [2.75, 3.05) is 59.6 Å². The van der Waals surface area contributed by atoms with E-state index in [9.17, 15) is 0 Å². The summed E-state index contributed by atoms with van der Waals surface area (Å²) in [6, 6.07) is 7.73. The summed E-state index contributed by atoms with van der Waals surface area (Å²) >= 11 is 0. The zero-order chi connectivity index (χ0) is 16.5. The highest BCUT2D eigenvalue weighted by Crippen LogP contribution is 2.18. The van der Waals surface area contributed by atoms with E-state index in [1.165, 1.54) is 0 Å². The Labute approximate surface area is 140 Å². The number of hydrogen-bond donors (Lipinski definition) is 0. The summed E-state index contributed by atoms with van der Waals surface area (Å²) in [4.78, 5) is 4.82. The largest absolute Gasteiger partial charge is 0.491 e. The van der Waals surface area contributed by atoms with Crippen LogP contribution in [0.4, 0.5) is 0 Å². The lowest BCUT2D eigenvalue weighted by Crippen LogP contribution is -2.45. The van der Waals surface area contributed by atoms with Gasteiger partial charge in [-0.25, -0.2) is 0 Å². The quantitative estimate of drug-likeness (QED) is 0.651. The van der Waals surface area contributed by atoms with Crippen LogP contribution < -0.4 is 9.47 Å². The van der Waals surface area contributed by atoms with Gasteiger partial charge in [0.15, 0.2) is 0 Å². The summed E-state index contributed by atoms with van der Waals surface area (Å²) in [7, 11) is 2.17. The van der Waals surface area contributed by atoms with Crippen LogP contribution >= 0.6 is 0 Å². The van der Waals surface area contributed by atoms with Gasteiger partial charge >= 0.3 is 0 Å². The third kappa shape index (κ3) is 7.20. The van der Waals surface area contributed by atoms with Gasteiger partial charge in [0.05, 0.1) is 19.3 Å². The normalized spacial score (nSPS) is 16.7. The van der Waals surface area contributed by atoms with Crippen molar-refractivity contribution in [3.05, 3.63) is 24.3 Å². The van der Waals surface area contributed by atoms with E-state index in [2.05, 4.69) is 16.8 Å². The molecule has 23 heavy (non-hydrogen) atoms. The molecule has 5 nitrogen and oxygen atoms in total. The third-order valence-corrected chi connectivity index (χ3v) is 3.84. The minimum atomic E-state index is 0.190. The molecule has 1 aromatic rings. The summed E-state index contributed by atoms with van der Waals surface area (Å²) in [5.41, 5.74) is 0. The smallest absolute Gasteiger partial charge is 0.119 e. The highest BCUT2D eigenvalue weighted by molar-refractivity contribution is 5.31. The van der Waals surface area contributed by atoms with Gasteiger partial charge in [-0.1, -0.05) is 0 Å². The molecule has 130 valence electrons. The average Bonchev–Trinajstić information content (AvgIpc) is 2.53. The second-order valence-electron chi connectivity index (χ2n) is 6.24. The Hall–Kier alpha value is -1.30. The molecule has 0 N–H and O–H groups in total. The van der Waals surface area contributed by atoms with E-state index >= 15 is 0 Å². The molecule has 0 bridgehead atoms. The number of benzene rings is 1. The fraction of sp³-hybridized carbons (Fsp3) is 0.667. The lowest BCUT2D eigenvalue weighted by molar-refractivity contribution is 0.0658. The van der Waals surface area contributed by atoms with Crippen LogP contribution in [-0.2, 0) is 4.74 Å². The number of likely N-dealkylation sites (N-methyl/N-ethyl adjacent to an activating group) is 1. The number of nitrogens with zero attached hydrogens (tertiary/aromatic N) is 2. The van der Waals surface area contributed by atoms with Crippen LogP contribution in [0.15, 0.2) is 24.3 Å². The van der Waals surface area contributed by atoms with Gasteiger partial charge in [0.2, 0.25) is 0 Å². The Morgan fingerprint density at radius 3 is 2.22 bits per heavy atom. The van der Waals surface area contributed by atoms with Crippen LogP contribution in [0.2, 0.25) is 0 Å². The Morgan fingerprint density at radius 2 is 1.57 bits per heavy atom. The van der Waals surface area contributed by atoms with E-state index in [4.69, 9.17) is 14.2 Å². The van der Waals surface area contributed by atoms with Gasteiger partial charge < -0.3 is 19.1 Å². The standard InChI is InChI=1S/C18H30N2O3/c1-16(2)23-18-6-4-17(5-7-18)22-15-14-21-13-12-20-10-8-19(3)9-11-20/h4-7,16H,8-15H2,1-3H3. The molecule has 0 saturated carbocycles. The molecule has 0 amide bonds. The molecule has 5 heteroatoms. The zero-order valence-electron chi connectivity index (χ0n) is 14.7. The molecule has 0 unspecified atom stereocenters. The monoisotopic (exact) mass is 322 g/mol. The van der Waals surface area contributed by atoms with Crippen molar-refractivity contribution in [3.8, 4) is 11.5 Å². The topological polar surface area (TPSA) is 34.2 Å². The number of hydrogen-bond acceptors (Lipinski definition) is 5. The molecule has 0 aliphatic carbocycles. The first-order chi connectivity index (χ1) is 11.1. The molecule has 1 heterocycles. The summed E-state index contributed by atoms with van der Waals surface area (Å²) in [6.45, 7) is 11.6. The maximum absolute atomic E-state index is 5.67. The highest BCUT2D eigenvalue weighted by Gasteiger charge is 2.12. The van der Waals surface area contributed by atoms with E-state index in [-0.39, 0.29) is 6.10 Å². The number of piperazine rings is 1. The van der Waals surface area contributed by atoms with Crippen molar-refractivity contribution >= 4 is 0 Å². The van der Waals surface area contributed by atoms with Crippen LogP contribution in [0.1, 0.15) is 13.8 Å². The minimum Gasteiger partial charge on any atom is -0.491 e. The van der Waals surface area contributed by atoms with Crippen molar-refractivity contribution in [2.24, 2.45) is 0 Å². The van der Waals surface area contributed by atoms with Crippen LogP contribution in [0.3, 0.4) is 0 Å².